The van der Waals surface area contributed by atoms with Crippen LogP contribution in [-0.4, -0.2) is 67.4 Å². The number of aryl methyl sites for hydroxylation is 1. The lowest BCUT2D eigenvalue weighted by Gasteiger charge is -2.47. The lowest BCUT2D eigenvalue weighted by molar-refractivity contribution is 0.138. The zero-order valence-electron chi connectivity index (χ0n) is 14.5. The van der Waals surface area contributed by atoms with E-state index in [0.717, 1.165) is 36.6 Å². The van der Waals surface area contributed by atoms with Crippen molar-refractivity contribution in [2.45, 2.75) is 38.6 Å². The molecule has 1 aromatic rings. The molecule has 0 spiro atoms. The van der Waals surface area contributed by atoms with Gasteiger partial charge in [0.1, 0.15) is 5.82 Å². The maximum Gasteiger partial charge on any atom is 0.224 e. The van der Waals surface area contributed by atoms with E-state index in [4.69, 9.17) is 4.98 Å². The molecular weight excluding hydrogens is 288 g/mol. The van der Waals surface area contributed by atoms with Gasteiger partial charge in [-0.3, -0.25) is 9.89 Å². The van der Waals surface area contributed by atoms with Gasteiger partial charge in [-0.25, -0.2) is 4.98 Å². The van der Waals surface area contributed by atoms with Gasteiger partial charge < -0.3 is 10.2 Å². The summed E-state index contributed by atoms with van der Waals surface area (Å²) in [5, 5.41) is 3.09. The van der Waals surface area contributed by atoms with E-state index in [2.05, 4.69) is 32.0 Å². The Morgan fingerprint density at radius 2 is 1.96 bits per heavy atom. The normalized spacial score (nSPS) is 20.0. The average molecular weight is 316 g/mol. The molecule has 1 aromatic heterocycles. The van der Waals surface area contributed by atoms with E-state index in [9.17, 15) is 0 Å². The molecule has 0 unspecified atom stereocenters. The number of aromatic nitrogens is 2. The van der Waals surface area contributed by atoms with Crippen LogP contribution in [-0.2, 0) is 6.42 Å². The Bertz CT molecular complexity index is 558. The molecule has 3 heterocycles. The molecule has 0 radical (unpaired) electrons. The summed E-state index contributed by atoms with van der Waals surface area (Å²) in [7, 11) is 3.68. The first-order chi connectivity index (χ1) is 11.3. The first-order valence-electron chi connectivity index (χ1n) is 8.76. The summed E-state index contributed by atoms with van der Waals surface area (Å²) in [4.78, 5) is 18.5. The van der Waals surface area contributed by atoms with Gasteiger partial charge >= 0.3 is 0 Å². The smallest absolute Gasteiger partial charge is 0.224 e. The van der Waals surface area contributed by atoms with Crippen molar-refractivity contribution in [3.63, 3.8) is 0 Å². The van der Waals surface area contributed by atoms with Crippen LogP contribution in [0, 0.1) is 0 Å². The van der Waals surface area contributed by atoms with Crippen LogP contribution in [0.4, 0.5) is 11.8 Å². The summed E-state index contributed by atoms with van der Waals surface area (Å²) < 4.78 is 0. The van der Waals surface area contributed by atoms with Crippen LogP contribution in [0.1, 0.15) is 37.4 Å². The van der Waals surface area contributed by atoms with Gasteiger partial charge in [0.2, 0.25) is 5.95 Å². The second kappa shape index (κ2) is 7.25. The van der Waals surface area contributed by atoms with Crippen LogP contribution >= 0.6 is 0 Å². The largest absolute Gasteiger partial charge is 0.357 e. The number of nitrogens with one attached hydrogen (secondary N) is 1. The van der Waals surface area contributed by atoms with Gasteiger partial charge in [0, 0.05) is 39.4 Å². The highest BCUT2D eigenvalue weighted by Crippen LogP contribution is 2.28. The third kappa shape index (κ3) is 3.32. The van der Waals surface area contributed by atoms with Crippen molar-refractivity contribution in [1.29, 1.82) is 0 Å². The maximum atomic E-state index is 4.71. The Hall–Kier alpha value is -1.69. The molecule has 126 valence electrons. The monoisotopic (exact) mass is 316 g/mol. The molecule has 0 saturated carbocycles. The molecule has 6 heteroatoms. The van der Waals surface area contributed by atoms with Gasteiger partial charge in [-0.05, 0) is 32.4 Å². The molecule has 2 fully saturated rings. The summed E-state index contributed by atoms with van der Waals surface area (Å²) in [6.07, 6.45) is 6.88. The molecule has 2 aliphatic heterocycles. The highest BCUT2D eigenvalue weighted by molar-refractivity contribution is 5.88. The third-order valence-electron chi connectivity index (χ3n) is 4.89. The van der Waals surface area contributed by atoms with Gasteiger partial charge in [0.15, 0.2) is 0 Å². The van der Waals surface area contributed by atoms with E-state index >= 15 is 0 Å². The molecule has 2 saturated heterocycles. The minimum atomic E-state index is 0.680. The molecule has 23 heavy (non-hydrogen) atoms. The summed E-state index contributed by atoms with van der Waals surface area (Å²) in [5.74, 6) is 1.73. The van der Waals surface area contributed by atoms with Crippen molar-refractivity contribution in [2.24, 2.45) is 4.99 Å². The van der Waals surface area contributed by atoms with Crippen LogP contribution in [0.2, 0.25) is 0 Å². The number of rotatable bonds is 5. The predicted molar refractivity (Wildman–Crippen MR) is 95.9 cm³/mol. The Morgan fingerprint density at radius 1 is 1.22 bits per heavy atom. The SMILES string of the molecule is CCc1nc(NC)nc(N2CC(N3CCCCC3)C2)c1/C=N\C. The molecule has 0 aliphatic carbocycles. The summed E-state index contributed by atoms with van der Waals surface area (Å²) in [5.41, 5.74) is 2.14. The summed E-state index contributed by atoms with van der Waals surface area (Å²) in [6, 6.07) is 0.680. The zero-order chi connectivity index (χ0) is 16.2. The number of piperidine rings is 1. The predicted octanol–water partition coefficient (Wildman–Crippen LogP) is 1.80. The van der Waals surface area contributed by atoms with Gasteiger partial charge in [-0.1, -0.05) is 13.3 Å². The highest BCUT2D eigenvalue weighted by Gasteiger charge is 2.34. The highest BCUT2D eigenvalue weighted by atomic mass is 15.3. The van der Waals surface area contributed by atoms with E-state index in [0.29, 0.717) is 12.0 Å². The van der Waals surface area contributed by atoms with E-state index in [1.165, 1.54) is 32.4 Å². The van der Waals surface area contributed by atoms with Gasteiger partial charge in [-0.15, -0.1) is 0 Å². The van der Waals surface area contributed by atoms with Crippen molar-refractivity contribution in [1.82, 2.24) is 14.9 Å². The third-order valence-corrected chi connectivity index (χ3v) is 4.89. The van der Waals surface area contributed by atoms with E-state index in [-0.39, 0.29) is 0 Å². The summed E-state index contributed by atoms with van der Waals surface area (Å²) >= 11 is 0. The average Bonchev–Trinajstić information content (AvgIpc) is 2.55. The first kappa shape index (κ1) is 16.2. The van der Waals surface area contributed by atoms with Crippen molar-refractivity contribution >= 4 is 18.0 Å². The fourth-order valence-corrected chi connectivity index (χ4v) is 3.53. The van der Waals surface area contributed by atoms with E-state index < -0.39 is 0 Å². The molecule has 6 nitrogen and oxygen atoms in total. The van der Waals surface area contributed by atoms with Crippen LogP contribution in [0.25, 0.3) is 0 Å². The van der Waals surface area contributed by atoms with E-state index in [1.54, 1.807) is 0 Å². The quantitative estimate of drug-likeness (QED) is 0.840. The van der Waals surface area contributed by atoms with Crippen molar-refractivity contribution in [3.8, 4) is 0 Å². The Kier molecular flexibility index (Phi) is 5.10. The molecule has 0 amide bonds. The summed E-state index contributed by atoms with van der Waals surface area (Å²) in [6.45, 7) is 6.77. The lowest BCUT2D eigenvalue weighted by Crippen LogP contribution is -2.61. The topological polar surface area (TPSA) is 56.7 Å². The standard InChI is InChI=1S/C17H28N6/c1-4-15-14(10-18-2)16(21-17(19-3)20-15)23-11-13(12-23)22-8-6-5-7-9-22/h10,13H,4-9,11-12H2,1-3H3,(H,19,20,21)/b18-10-. The zero-order valence-corrected chi connectivity index (χ0v) is 14.5. The fourth-order valence-electron chi connectivity index (χ4n) is 3.53. The molecule has 3 rings (SSSR count). The maximum absolute atomic E-state index is 4.71. The van der Waals surface area contributed by atoms with E-state index in [1.807, 2.05) is 20.3 Å². The first-order valence-corrected chi connectivity index (χ1v) is 8.76. The molecule has 2 aliphatic rings. The molecular formula is C17H28N6. The molecule has 0 aromatic carbocycles. The number of aliphatic imine (C=N–C) groups is 1. The lowest BCUT2D eigenvalue weighted by atomic mass is 10.0. The van der Waals surface area contributed by atoms with Crippen molar-refractivity contribution in [2.75, 3.05) is 50.5 Å². The Balaban J connectivity index is 1.79. The number of hydrogen-bond acceptors (Lipinski definition) is 6. The number of likely N-dealkylation sites (tertiary alicyclic amines) is 1. The minimum absolute atomic E-state index is 0.680. The van der Waals surface area contributed by atoms with Crippen LogP contribution < -0.4 is 10.2 Å². The second-order valence-electron chi connectivity index (χ2n) is 6.38. The van der Waals surface area contributed by atoms with Crippen molar-refractivity contribution < 1.29 is 0 Å². The Labute approximate surface area is 139 Å². The Morgan fingerprint density at radius 3 is 2.57 bits per heavy atom. The van der Waals surface area contributed by atoms with Crippen LogP contribution in [0.15, 0.2) is 4.99 Å². The number of anilines is 2. The number of hydrogen-bond donors (Lipinski definition) is 1. The fraction of sp³-hybridized carbons (Fsp3) is 0.706. The number of nitrogens with zero attached hydrogens (tertiary/aromatic N) is 5. The minimum Gasteiger partial charge on any atom is -0.357 e. The van der Waals surface area contributed by atoms with Crippen molar-refractivity contribution in [3.05, 3.63) is 11.3 Å². The van der Waals surface area contributed by atoms with Crippen LogP contribution in [0.5, 0.6) is 0 Å². The van der Waals surface area contributed by atoms with Gasteiger partial charge in [0.05, 0.1) is 11.3 Å². The molecule has 0 bridgehead atoms. The molecule has 1 N–H and O–H groups in total. The second-order valence-corrected chi connectivity index (χ2v) is 6.38. The molecule has 0 atom stereocenters. The van der Waals surface area contributed by atoms with Gasteiger partial charge in [-0.2, -0.15) is 4.98 Å². The van der Waals surface area contributed by atoms with Gasteiger partial charge in [0.25, 0.3) is 0 Å². The van der Waals surface area contributed by atoms with Crippen LogP contribution in [0.3, 0.4) is 0 Å².